The minimum Gasteiger partial charge on any atom is -0.347 e. The van der Waals surface area contributed by atoms with Crippen LogP contribution in [0.3, 0.4) is 0 Å². The Balaban J connectivity index is 1.36. The summed E-state index contributed by atoms with van der Waals surface area (Å²) in [6.07, 6.45) is 7.94. The van der Waals surface area contributed by atoms with Gasteiger partial charge in [0.2, 0.25) is 11.8 Å². The Morgan fingerprint density at radius 2 is 1.96 bits per heavy atom. The fourth-order valence-corrected chi connectivity index (χ4v) is 6.82. The predicted molar refractivity (Wildman–Crippen MR) is 106 cm³/mol. The molecule has 0 radical (unpaired) electrons. The zero-order valence-corrected chi connectivity index (χ0v) is 16.6. The van der Waals surface area contributed by atoms with E-state index in [2.05, 4.69) is 10.6 Å². The topological polar surface area (TPSA) is 58.2 Å². The van der Waals surface area contributed by atoms with Crippen molar-refractivity contribution in [3.8, 4) is 0 Å². The molecule has 140 valence electrons. The summed E-state index contributed by atoms with van der Waals surface area (Å²) < 4.78 is 0. The average Bonchev–Trinajstić information content (AvgIpc) is 2.57. The van der Waals surface area contributed by atoms with E-state index in [1.807, 2.05) is 30.5 Å². The van der Waals surface area contributed by atoms with Gasteiger partial charge >= 0.3 is 0 Å². The van der Waals surface area contributed by atoms with Gasteiger partial charge in [-0.25, -0.2) is 0 Å². The van der Waals surface area contributed by atoms with Crippen LogP contribution in [0.4, 0.5) is 5.69 Å². The van der Waals surface area contributed by atoms with Crippen molar-refractivity contribution >= 4 is 40.9 Å². The smallest absolute Gasteiger partial charge is 0.243 e. The minimum atomic E-state index is -0.356. The van der Waals surface area contributed by atoms with Gasteiger partial charge in [0.25, 0.3) is 0 Å². The van der Waals surface area contributed by atoms with E-state index in [-0.39, 0.29) is 28.6 Å². The second-order valence-corrected chi connectivity index (χ2v) is 10.0. The van der Waals surface area contributed by atoms with E-state index in [0.717, 1.165) is 42.7 Å². The van der Waals surface area contributed by atoms with Gasteiger partial charge in [0.05, 0.1) is 12.0 Å². The molecule has 2 atom stereocenters. The fourth-order valence-electron chi connectivity index (χ4n) is 5.67. The number of halogens is 1. The van der Waals surface area contributed by atoms with Crippen molar-refractivity contribution in [2.24, 2.45) is 17.3 Å². The first-order valence-corrected chi connectivity index (χ1v) is 10.9. The lowest BCUT2D eigenvalue weighted by Gasteiger charge is -2.59. The number of hydrogen-bond acceptors (Lipinski definition) is 3. The molecule has 4 saturated carbocycles. The molecule has 0 aliphatic heterocycles. The maximum Gasteiger partial charge on any atom is 0.243 e. The molecule has 4 bridgehead atoms. The van der Waals surface area contributed by atoms with Gasteiger partial charge in [0.15, 0.2) is 0 Å². The summed E-state index contributed by atoms with van der Waals surface area (Å²) in [5.74, 6) is 0.969. The van der Waals surface area contributed by atoms with E-state index in [1.165, 1.54) is 6.42 Å². The van der Waals surface area contributed by atoms with Gasteiger partial charge in [0.1, 0.15) is 0 Å². The summed E-state index contributed by atoms with van der Waals surface area (Å²) in [6, 6.07) is 7.70. The lowest BCUT2D eigenvalue weighted by molar-refractivity contribution is -0.145. The van der Waals surface area contributed by atoms with Crippen molar-refractivity contribution in [1.82, 2.24) is 5.32 Å². The van der Waals surface area contributed by atoms with Crippen molar-refractivity contribution in [2.45, 2.75) is 48.3 Å². The van der Waals surface area contributed by atoms with E-state index < -0.39 is 0 Å². The molecule has 2 N–H and O–H groups in total. The third-order valence-corrected chi connectivity index (χ3v) is 7.40. The SMILES string of the molecule is CSc1cccc(NC(=O)CNC(=O)C23CC4CC(CC(Cl)(C4)C2)C3)c1. The molecule has 26 heavy (non-hydrogen) atoms. The number of alkyl halides is 1. The first-order valence-electron chi connectivity index (χ1n) is 9.31. The monoisotopic (exact) mass is 392 g/mol. The van der Waals surface area contributed by atoms with E-state index in [0.29, 0.717) is 11.8 Å². The first kappa shape index (κ1) is 18.2. The quantitative estimate of drug-likeness (QED) is 0.587. The molecule has 0 spiro atoms. The standard InChI is InChI=1S/C20H25ClN2O2S/c1-26-16-4-2-3-15(6-16)23-17(24)11-22-18(25)19-7-13-5-14(8-19)10-20(21,9-13)12-19/h2-4,6,13-14H,5,7-12H2,1H3,(H,22,25)(H,23,24). The molecule has 4 aliphatic rings. The lowest BCUT2D eigenvalue weighted by Crippen LogP contribution is -2.58. The summed E-state index contributed by atoms with van der Waals surface area (Å²) in [6.45, 7) is 0.00863. The molecule has 5 rings (SSSR count). The van der Waals surface area contributed by atoms with Crippen molar-refractivity contribution in [2.75, 3.05) is 18.1 Å². The number of anilines is 1. The summed E-state index contributed by atoms with van der Waals surface area (Å²) in [4.78, 5) is 26.1. The molecule has 4 nitrogen and oxygen atoms in total. The van der Waals surface area contributed by atoms with E-state index >= 15 is 0 Å². The number of benzene rings is 1. The number of carbonyl (C=O) groups excluding carboxylic acids is 2. The van der Waals surface area contributed by atoms with Crippen LogP contribution >= 0.6 is 23.4 Å². The van der Waals surface area contributed by atoms with Crippen LogP contribution in [0.5, 0.6) is 0 Å². The van der Waals surface area contributed by atoms with E-state index in [9.17, 15) is 9.59 Å². The molecule has 2 amide bonds. The highest BCUT2D eigenvalue weighted by atomic mass is 35.5. The van der Waals surface area contributed by atoms with Crippen molar-refractivity contribution in [1.29, 1.82) is 0 Å². The number of thioether (sulfide) groups is 1. The van der Waals surface area contributed by atoms with Crippen LogP contribution in [-0.2, 0) is 9.59 Å². The number of rotatable bonds is 5. The predicted octanol–water partition coefficient (Wildman–Crippen LogP) is 4.04. The molecular weight excluding hydrogens is 368 g/mol. The summed E-state index contributed by atoms with van der Waals surface area (Å²) in [5, 5.41) is 5.75. The van der Waals surface area contributed by atoms with Gasteiger partial charge in [-0.05, 0) is 74.8 Å². The molecule has 0 heterocycles. The van der Waals surface area contributed by atoms with Crippen molar-refractivity contribution < 1.29 is 9.59 Å². The van der Waals surface area contributed by atoms with Gasteiger partial charge in [0, 0.05) is 15.5 Å². The van der Waals surface area contributed by atoms with Crippen LogP contribution < -0.4 is 10.6 Å². The second-order valence-electron chi connectivity index (χ2n) is 8.36. The van der Waals surface area contributed by atoms with Crippen LogP contribution in [0, 0.1) is 17.3 Å². The fraction of sp³-hybridized carbons (Fsp3) is 0.600. The van der Waals surface area contributed by atoms with Crippen LogP contribution in [0.15, 0.2) is 29.2 Å². The Morgan fingerprint density at radius 1 is 1.23 bits per heavy atom. The van der Waals surface area contributed by atoms with Gasteiger partial charge in [-0.1, -0.05) is 6.07 Å². The molecule has 0 saturated heterocycles. The highest BCUT2D eigenvalue weighted by molar-refractivity contribution is 7.98. The van der Waals surface area contributed by atoms with Crippen LogP contribution in [0.1, 0.15) is 38.5 Å². The minimum absolute atomic E-state index is 0.00863. The number of hydrogen-bond donors (Lipinski definition) is 2. The average molecular weight is 393 g/mol. The second kappa shape index (κ2) is 6.75. The largest absolute Gasteiger partial charge is 0.347 e. The van der Waals surface area contributed by atoms with Gasteiger partial charge in [-0.3, -0.25) is 9.59 Å². The third kappa shape index (κ3) is 3.48. The molecule has 2 unspecified atom stereocenters. The first-order chi connectivity index (χ1) is 12.4. The van der Waals surface area contributed by atoms with Gasteiger partial charge in [-0.15, -0.1) is 23.4 Å². The molecule has 6 heteroatoms. The number of amides is 2. The maximum absolute atomic E-state index is 12.9. The Labute approximate surface area is 163 Å². The zero-order valence-electron chi connectivity index (χ0n) is 15.0. The highest BCUT2D eigenvalue weighted by Crippen LogP contribution is 2.63. The maximum atomic E-state index is 12.9. The summed E-state index contributed by atoms with van der Waals surface area (Å²) in [5.41, 5.74) is 0.399. The van der Waals surface area contributed by atoms with Gasteiger partial charge < -0.3 is 10.6 Å². The Hall–Kier alpha value is -1.20. The van der Waals surface area contributed by atoms with Crippen molar-refractivity contribution in [3.63, 3.8) is 0 Å². The van der Waals surface area contributed by atoms with E-state index in [1.54, 1.807) is 11.8 Å². The molecule has 4 fully saturated rings. The van der Waals surface area contributed by atoms with Crippen molar-refractivity contribution in [3.05, 3.63) is 24.3 Å². The summed E-state index contributed by atoms with van der Waals surface area (Å²) in [7, 11) is 0. The van der Waals surface area contributed by atoms with Crippen LogP contribution in [0.2, 0.25) is 0 Å². The lowest BCUT2D eigenvalue weighted by atomic mass is 9.49. The Morgan fingerprint density at radius 3 is 2.62 bits per heavy atom. The Kier molecular flexibility index (Phi) is 4.72. The molecule has 1 aromatic rings. The van der Waals surface area contributed by atoms with Crippen LogP contribution in [0.25, 0.3) is 0 Å². The molecule has 1 aromatic carbocycles. The molecule has 4 aliphatic carbocycles. The van der Waals surface area contributed by atoms with E-state index in [4.69, 9.17) is 11.6 Å². The van der Waals surface area contributed by atoms with Gasteiger partial charge in [-0.2, -0.15) is 0 Å². The van der Waals surface area contributed by atoms with Crippen LogP contribution in [-0.4, -0.2) is 29.5 Å². The molecule has 0 aromatic heterocycles. The normalized spacial score (nSPS) is 34.5. The third-order valence-electron chi connectivity index (χ3n) is 6.23. The highest BCUT2D eigenvalue weighted by Gasteiger charge is 2.60. The number of nitrogens with one attached hydrogen (secondary N) is 2. The number of carbonyl (C=O) groups is 2. The molecular formula is C20H25ClN2O2S. The summed E-state index contributed by atoms with van der Waals surface area (Å²) >= 11 is 8.43. The Bertz CT molecular complexity index is 724. The zero-order chi connectivity index (χ0) is 18.4.